The Morgan fingerprint density at radius 3 is 2.33 bits per heavy atom. The highest BCUT2D eigenvalue weighted by molar-refractivity contribution is 7.89. The molecule has 0 radical (unpaired) electrons. The number of benzene rings is 1. The quantitative estimate of drug-likeness (QED) is 0.801. The van der Waals surface area contributed by atoms with Crippen LogP contribution in [0.15, 0.2) is 29.2 Å². The first-order valence-corrected chi connectivity index (χ1v) is 6.78. The van der Waals surface area contributed by atoms with Crippen molar-refractivity contribution in [3.63, 3.8) is 0 Å². The van der Waals surface area contributed by atoms with Crippen molar-refractivity contribution in [1.29, 1.82) is 0 Å². The number of nitrogens with one attached hydrogen (secondary N) is 1. The molecule has 0 bridgehead atoms. The number of carboxylic acid groups (broad SMARTS) is 1. The van der Waals surface area contributed by atoms with Crippen molar-refractivity contribution in [3.8, 4) is 5.75 Å². The van der Waals surface area contributed by atoms with Gasteiger partial charge in [0.2, 0.25) is 10.0 Å². The molecule has 1 rings (SSSR count). The second-order valence-corrected chi connectivity index (χ2v) is 5.62. The fourth-order valence-electron chi connectivity index (χ4n) is 1.21. The van der Waals surface area contributed by atoms with Crippen molar-refractivity contribution >= 4 is 16.0 Å². The molecule has 1 aromatic carbocycles. The lowest BCUT2D eigenvalue weighted by Gasteiger charge is -2.10. The van der Waals surface area contributed by atoms with E-state index < -0.39 is 22.5 Å². The number of carboxylic acids is 1. The molecule has 0 amide bonds. The third-order valence-electron chi connectivity index (χ3n) is 1.92. The molecule has 18 heavy (non-hydrogen) atoms. The first-order valence-electron chi connectivity index (χ1n) is 5.29. The van der Waals surface area contributed by atoms with Gasteiger partial charge >= 0.3 is 5.97 Å². The molecule has 6 nitrogen and oxygen atoms in total. The fraction of sp³-hybridized carbons (Fsp3) is 0.364. The molecule has 0 unspecified atom stereocenters. The zero-order valence-electron chi connectivity index (χ0n) is 10.1. The fourth-order valence-corrected chi connectivity index (χ4v) is 2.18. The third-order valence-corrected chi connectivity index (χ3v) is 3.34. The predicted molar refractivity (Wildman–Crippen MR) is 65.0 cm³/mol. The van der Waals surface area contributed by atoms with Crippen LogP contribution in [0.4, 0.5) is 0 Å². The zero-order valence-corrected chi connectivity index (χ0v) is 10.9. The zero-order chi connectivity index (χ0) is 13.8. The summed E-state index contributed by atoms with van der Waals surface area (Å²) in [6, 6.07) is 5.77. The summed E-state index contributed by atoms with van der Waals surface area (Å²) < 4.78 is 30.6. The molecule has 0 fully saturated rings. The van der Waals surface area contributed by atoms with E-state index in [0.717, 1.165) is 0 Å². The van der Waals surface area contributed by atoms with Crippen molar-refractivity contribution in [2.45, 2.75) is 24.8 Å². The van der Waals surface area contributed by atoms with Gasteiger partial charge in [-0.15, -0.1) is 0 Å². The van der Waals surface area contributed by atoms with E-state index in [1.54, 1.807) is 0 Å². The Labute approximate surface area is 106 Å². The van der Waals surface area contributed by atoms with Gasteiger partial charge in [0.05, 0.1) is 11.0 Å². The molecule has 1 aromatic rings. The molecular weight excluding hydrogens is 258 g/mol. The highest BCUT2D eigenvalue weighted by Gasteiger charge is 2.15. The Kier molecular flexibility index (Phi) is 4.69. The number of rotatable bonds is 6. The van der Waals surface area contributed by atoms with Gasteiger partial charge in [0.15, 0.2) is 0 Å². The van der Waals surface area contributed by atoms with Gasteiger partial charge in [-0.2, -0.15) is 4.72 Å². The number of carbonyl (C=O) groups is 1. The van der Waals surface area contributed by atoms with Crippen molar-refractivity contribution < 1.29 is 23.1 Å². The number of hydrogen-bond donors (Lipinski definition) is 2. The molecule has 0 aliphatic carbocycles. The molecule has 0 atom stereocenters. The van der Waals surface area contributed by atoms with Gasteiger partial charge in [0.25, 0.3) is 0 Å². The van der Waals surface area contributed by atoms with Gasteiger partial charge in [-0.05, 0) is 38.1 Å². The summed E-state index contributed by atoms with van der Waals surface area (Å²) in [5, 5.41) is 8.42. The summed E-state index contributed by atoms with van der Waals surface area (Å²) in [5.74, 6) is -0.680. The standard InChI is InChI=1S/C11H15NO5S/c1-8(2)17-9-3-5-10(6-4-9)18(15,16)12-7-11(13)14/h3-6,8,12H,7H2,1-2H3,(H,13,14). The van der Waals surface area contributed by atoms with Gasteiger partial charge in [-0.1, -0.05) is 0 Å². The number of ether oxygens (including phenoxy) is 1. The van der Waals surface area contributed by atoms with Crippen LogP contribution in [0.2, 0.25) is 0 Å². The molecule has 2 N–H and O–H groups in total. The maximum Gasteiger partial charge on any atom is 0.318 e. The lowest BCUT2D eigenvalue weighted by Crippen LogP contribution is -2.29. The Morgan fingerprint density at radius 1 is 1.33 bits per heavy atom. The summed E-state index contributed by atoms with van der Waals surface area (Å²) in [7, 11) is -3.79. The Hall–Kier alpha value is -1.60. The average molecular weight is 273 g/mol. The molecule has 0 aliphatic heterocycles. The maximum absolute atomic E-state index is 11.7. The van der Waals surface area contributed by atoms with Gasteiger partial charge in [-0.3, -0.25) is 4.79 Å². The summed E-state index contributed by atoms with van der Waals surface area (Å²) in [4.78, 5) is 10.3. The number of hydrogen-bond acceptors (Lipinski definition) is 4. The van der Waals surface area contributed by atoms with Crippen LogP contribution in [0.25, 0.3) is 0 Å². The molecular formula is C11H15NO5S. The molecule has 0 aromatic heterocycles. The molecule has 0 saturated heterocycles. The lowest BCUT2D eigenvalue weighted by atomic mass is 10.3. The van der Waals surface area contributed by atoms with E-state index >= 15 is 0 Å². The van der Waals surface area contributed by atoms with E-state index in [9.17, 15) is 13.2 Å². The Bertz CT molecular complexity index is 507. The van der Waals surface area contributed by atoms with Gasteiger partial charge in [-0.25, -0.2) is 8.42 Å². The van der Waals surface area contributed by atoms with E-state index in [1.807, 2.05) is 18.6 Å². The van der Waals surface area contributed by atoms with E-state index in [2.05, 4.69) is 0 Å². The van der Waals surface area contributed by atoms with Gasteiger partial charge in [0, 0.05) is 0 Å². The van der Waals surface area contributed by atoms with Crippen LogP contribution >= 0.6 is 0 Å². The average Bonchev–Trinajstić information content (AvgIpc) is 2.26. The SMILES string of the molecule is CC(C)Oc1ccc(S(=O)(=O)NCC(=O)O)cc1. The summed E-state index contributed by atoms with van der Waals surface area (Å²) in [6.45, 7) is 3.07. The normalized spacial score (nSPS) is 11.5. The van der Waals surface area contributed by atoms with Crippen LogP contribution in [-0.2, 0) is 14.8 Å². The molecule has 100 valence electrons. The monoisotopic (exact) mass is 273 g/mol. The van der Waals surface area contributed by atoms with Crippen LogP contribution in [0.1, 0.15) is 13.8 Å². The lowest BCUT2D eigenvalue weighted by molar-refractivity contribution is -0.135. The second-order valence-electron chi connectivity index (χ2n) is 3.86. The smallest absolute Gasteiger partial charge is 0.318 e. The van der Waals surface area contributed by atoms with Crippen molar-refractivity contribution in [2.75, 3.05) is 6.54 Å². The molecule has 0 aliphatic rings. The van der Waals surface area contributed by atoms with Crippen LogP contribution in [-0.4, -0.2) is 32.1 Å². The highest BCUT2D eigenvalue weighted by Crippen LogP contribution is 2.16. The predicted octanol–water partition coefficient (Wildman–Crippen LogP) is 0.837. The molecule has 0 heterocycles. The highest BCUT2D eigenvalue weighted by atomic mass is 32.2. The molecule has 0 saturated carbocycles. The van der Waals surface area contributed by atoms with Crippen LogP contribution in [0.5, 0.6) is 5.75 Å². The summed E-state index contributed by atoms with van der Waals surface area (Å²) >= 11 is 0. The van der Waals surface area contributed by atoms with E-state index in [0.29, 0.717) is 5.75 Å². The summed E-state index contributed by atoms with van der Waals surface area (Å²) in [5.41, 5.74) is 0. The van der Waals surface area contributed by atoms with Crippen LogP contribution < -0.4 is 9.46 Å². The minimum atomic E-state index is -3.79. The van der Waals surface area contributed by atoms with E-state index in [1.165, 1.54) is 24.3 Å². The largest absolute Gasteiger partial charge is 0.491 e. The van der Waals surface area contributed by atoms with Gasteiger partial charge < -0.3 is 9.84 Å². The van der Waals surface area contributed by atoms with Crippen molar-refractivity contribution in [3.05, 3.63) is 24.3 Å². The van der Waals surface area contributed by atoms with Crippen LogP contribution in [0, 0.1) is 0 Å². The third kappa shape index (κ3) is 4.34. The Morgan fingerprint density at radius 2 is 1.89 bits per heavy atom. The summed E-state index contributed by atoms with van der Waals surface area (Å²) in [6.07, 6.45) is -0.00223. The van der Waals surface area contributed by atoms with E-state index in [4.69, 9.17) is 9.84 Å². The first-order chi connectivity index (χ1) is 8.31. The molecule has 7 heteroatoms. The first kappa shape index (κ1) is 14.5. The number of sulfonamides is 1. The van der Waals surface area contributed by atoms with Crippen molar-refractivity contribution in [1.82, 2.24) is 4.72 Å². The van der Waals surface area contributed by atoms with Gasteiger partial charge in [0.1, 0.15) is 12.3 Å². The minimum absolute atomic E-state index is 0.000133. The number of aliphatic carboxylic acids is 1. The topological polar surface area (TPSA) is 92.7 Å². The minimum Gasteiger partial charge on any atom is -0.491 e. The van der Waals surface area contributed by atoms with Crippen molar-refractivity contribution in [2.24, 2.45) is 0 Å². The van der Waals surface area contributed by atoms with Crippen LogP contribution in [0.3, 0.4) is 0 Å². The second kappa shape index (κ2) is 5.83. The Balaban J connectivity index is 2.81. The van der Waals surface area contributed by atoms with E-state index in [-0.39, 0.29) is 11.0 Å². The maximum atomic E-state index is 11.7. The molecule has 0 spiro atoms.